The Labute approximate surface area is 114 Å². The molecule has 0 unspecified atom stereocenters. The molecule has 0 fully saturated rings. The Kier molecular flexibility index (Phi) is 3.08. The van der Waals surface area contributed by atoms with E-state index in [1.807, 2.05) is 19.1 Å². The normalized spacial score (nSPS) is 13.3. The van der Waals surface area contributed by atoms with Gasteiger partial charge in [-0.2, -0.15) is 5.10 Å². The van der Waals surface area contributed by atoms with Crippen LogP contribution in [0.4, 0.5) is 0 Å². The highest BCUT2D eigenvalue weighted by molar-refractivity contribution is 6.14. The summed E-state index contributed by atoms with van der Waals surface area (Å²) < 4.78 is 0. The maximum absolute atomic E-state index is 4.73. The second-order valence-corrected chi connectivity index (χ2v) is 5.11. The lowest BCUT2D eigenvalue weighted by Gasteiger charge is -2.13. The van der Waals surface area contributed by atoms with E-state index in [9.17, 15) is 0 Å². The monoisotopic (exact) mass is 250 g/mol. The molecule has 0 heterocycles. The van der Waals surface area contributed by atoms with Crippen molar-refractivity contribution >= 4 is 5.71 Å². The van der Waals surface area contributed by atoms with E-state index in [2.05, 4.69) is 48.5 Å². The summed E-state index contributed by atoms with van der Waals surface area (Å²) in [6.45, 7) is 0. The number of hydrazone groups is 1. The van der Waals surface area contributed by atoms with E-state index in [1.54, 1.807) is 0 Å². The average Bonchev–Trinajstić information content (AvgIpc) is 2.57. The molecule has 2 aromatic rings. The van der Waals surface area contributed by atoms with Gasteiger partial charge in [0.1, 0.15) is 0 Å². The highest BCUT2D eigenvalue weighted by Gasteiger charge is 2.18. The van der Waals surface area contributed by atoms with Crippen molar-refractivity contribution in [3.8, 4) is 0 Å². The summed E-state index contributed by atoms with van der Waals surface area (Å²) in [5, 5.41) is 6.61. The van der Waals surface area contributed by atoms with Gasteiger partial charge in [-0.1, -0.05) is 48.5 Å². The van der Waals surface area contributed by atoms with Gasteiger partial charge >= 0.3 is 0 Å². The summed E-state index contributed by atoms with van der Waals surface area (Å²) in [5.74, 6) is 0. The van der Waals surface area contributed by atoms with Crippen LogP contribution >= 0.6 is 0 Å². The summed E-state index contributed by atoms with van der Waals surface area (Å²) in [6.07, 6.45) is 2.17. The molecule has 0 saturated heterocycles. The Morgan fingerprint density at radius 2 is 1.26 bits per heavy atom. The number of hydrogen-bond acceptors (Lipinski definition) is 2. The van der Waals surface area contributed by atoms with Gasteiger partial charge in [-0.15, -0.1) is 0 Å². The lowest BCUT2D eigenvalue weighted by atomic mass is 9.98. The van der Waals surface area contributed by atoms with Gasteiger partial charge in [0, 0.05) is 25.2 Å². The topological polar surface area (TPSA) is 15.6 Å². The molecule has 0 bridgehead atoms. The fourth-order valence-corrected chi connectivity index (χ4v) is 2.66. The van der Waals surface area contributed by atoms with Gasteiger partial charge in [0.05, 0.1) is 5.71 Å². The third kappa shape index (κ3) is 2.26. The molecule has 0 saturated carbocycles. The van der Waals surface area contributed by atoms with Gasteiger partial charge in [0.25, 0.3) is 0 Å². The number of nitrogens with zero attached hydrogens (tertiary/aromatic N) is 2. The summed E-state index contributed by atoms with van der Waals surface area (Å²) in [7, 11) is 3.95. The van der Waals surface area contributed by atoms with Crippen molar-refractivity contribution in [2.75, 3.05) is 14.1 Å². The predicted octanol–water partition coefficient (Wildman–Crippen LogP) is 3.10. The first-order valence-electron chi connectivity index (χ1n) is 6.68. The van der Waals surface area contributed by atoms with Gasteiger partial charge < -0.3 is 5.01 Å². The molecule has 2 aromatic carbocycles. The van der Waals surface area contributed by atoms with Crippen LogP contribution in [0.3, 0.4) is 0 Å². The van der Waals surface area contributed by atoms with E-state index in [4.69, 9.17) is 5.10 Å². The van der Waals surface area contributed by atoms with Crippen molar-refractivity contribution in [3.63, 3.8) is 0 Å². The Hall–Kier alpha value is -2.09. The maximum Gasteiger partial charge on any atom is 0.0981 e. The number of fused-ring (bicyclic) bond motifs is 2. The Morgan fingerprint density at radius 3 is 1.74 bits per heavy atom. The first-order chi connectivity index (χ1) is 9.25. The molecule has 0 spiro atoms. The fraction of sp³-hybridized carbons (Fsp3) is 0.235. The van der Waals surface area contributed by atoms with Gasteiger partial charge in [0.2, 0.25) is 0 Å². The second-order valence-electron chi connectivity index (χ2n) is 5.11. The molecule has 0 N–H and O–H groups in total. The Balaban J connectivity index is 2.25. The highest BCUT2D eigenvalue weighted by atomic mass is 15.4. The lowest BCUT2D eigenvalue weighted by molar-refractivity contribution is 0.438. The third-order valence-corrected chi connectivity index (χ3v) is 3.51. The molecule has 19 heavy (non-hydrogen) atoms. The van der Waals surface area contributed by atoms with Crippen LogP contribution in [0.1, 0.15) is 22.3 Å². The second kappa shape index (κ2) is 4.88. The first kappa shape index (κ1) is 12.0. The molecular weight excluding hydrogens is 232 g/mol. The largest absolute Gasteiger partial charge is 0.303 e. The zero-order chi connectivity index (χ0) is 13.2. The number of rotatable bonds is 1. The Morgan fingerprint density at radius 1 is 0.789 bits per heavy atom. The summed E-state index contributed by atoms with van der Waals surface area (Å²) in [5.41, 5.74) is 6.40. The maximum atomic E-state index is 4.73. The fourth-order valence-electron chi connectivity index (χ4n) is 2.66. The van der Waals surface area contributed by atoms with Crippen LogP contribution in [-0.4, -0.2) is 24.8 Å². The van der Waals surface area contributed by atoms with Crippen LogP contribution in [0.5, 0.6) is 0 Å². The van der Waals surface area contributed by atoms with E-state index < -0.39 is 0 Å². The highest BCUT2D eigenvalue weighted by Crippen LogP contribution is 2.25. The van der Waals surface area contributed by atoms with Crippen molar-refractivity contribution in [1.29, 1.82) is 0 Å². The van der Waals surface area contributed by atoms with E-state index in [-0.39, 0.29) is 0 Å². The van der Waals surface area contributed by atoms with Crippen LogP contribution in [0.2, 0.25) is 0 Å². The SMILES string of the molecule is CN(C)N=C1c2ccccc2CCc2ccccc21. The molecule has 2 nitrogen and oxygen atoms in total. The smallest absolute Gasteiger partial charge is 0.0981 e. The molecule has 1 aliphatic carbocycles. The van der Waals surface area contributed by atoms with Gasteiger partial charge in [-0.3, -0.25) is 0 Å². The minimum atomic E-state index is 1.08. The average molecular weight is 250 g/mol. The van der Waals surface area contributed by atoms with Crippen molar-refractivity contribution in [2.24, 2.45) is 5.10 Å². The lowest BCUT2D eigenvalue weighted by Crippen LogP contribution is -2.13. The molecule has 1 aliphatic rings. The summed E-state index contributed by atoms with van der Waals surface area (Å²) in [4.78, 5) is 0. The van der Waals surface area contributed by atoms with Crippen LogP contribution in [0.25, 0.3) is 0 Å². The molecule has 3 rings (SSSR count). The van der Waals surface area contributed by atoms with E-state index in [0.29, 0.717) is 0 Å². The van der Waals surface area contributed by atoms with Crippen molar-refractivity contribution in [1.82, 2.24) is 5.01 Å². The first-order valence-corrected chi connectivity index (χ1v) is 6.68. The molecule has 96 valence electrons. The third-order valence-electron chi connectivity index (χ3n) is 3.51. The number of aryl methyl sites for hydroxylation is 2. The van der Waals surface area contributed by atoms with Crippen LogP contribution in [0.15, 0.2) is 53.6 Å². The van der Waals surface area contributed by atoms with Gasteiger partial charge in [-0.25, -0.2) is 0 Å². The zero-order valence-electron chi connectivity index (χ0n) is 11.4. The van der Waals surface area contributed by atoms with Crippen LogP contribution in [-0.2, 0) is 12.8 Å². The minimum absolute atomic E-state index is 1.08. The van der Waals surface area contributed by atoms with Crippen LogP contribution < -0.4 is 0 Å². The molecule has 0 aliphatic heterocycles. The van der Waals surface area contributed by atoms with E-state index in [0.717, 1.165) is 18.6 Å². The Bertz CT molecular complexity index is 577. The van der Waals surface area contributed by atoms with Crippen molar-refractivity contribution in [3.05, 3.63) is 70.8 Å². The summed E-state index contributed by atoms with van der Waals surface area (Å²) in [6, 6.07) is 17.2. The van der Waals surface area contributed by atoms with E-state index >= 15 is 0 Å². The predicted molar refractivity (Wildman–Crippen MR) is 79.6 cm³/mol. The van der Waals surface area contributed by atoms with Crippen molar-refractivity contribution in [2.45, 2.75) is 12.8 Å². The number of hydrogen-bond donors (Lipinski definition) is 0. The standard InChI is InChI=1S/C17H18N2/c1-19(2)18-17-15-9-5-3-7-13(15)11-12-14-8-4-6-10-16(14)17/h3-10H,11-12H2,1-2H3. The molecule has 0 radical (unpaired) electrons. The van der Waals surface area contributed by atoms with E-state index in [1.165, 1.54) is 22.3 Å². The van der Waals surface area contributed by atoms with Gasteiger partial charge in [-0.05, 0) is 24.0 Å². The number of benzene rings is 2. The molecular formula is C17H18N2. The molecule has 0 atom stereocenters. The molecule has 0 amide bonds. The molecule has 0 aromatic heterocycles. The molecule has 2 heteroatoms. The minimum Gasteiger partial charge on any atom is -0.303 e. The van der Waals surface area contributed by atoms with Gasteiger partial charge in [0.15, 0.2) is 0 Å². The van der Waals surface area contributed by atoms with Crippen molar-refractivity contribution < 1.29 is 0 Å². The summed E-state index contributed by atoms with van der Waals surface area (Å²) >= 11 is 0. The quantitative estimate of drug-likeness (QED) is 0.710. The van der Waals surface area contributed by atoms with Crippen LogP contribution in [0, 0.1) is 0 Å². The zero-order valence-corrected chi connectivity index (χ0v) is 11.4.